The van der Waals surface area contributed by atoms with Crippen LogP contribution in [0.5, 0.6) is 0 Å². The number of nitro benzene ring substituents is 1. The van der Waals surface area contributed by atoms with E-state index >= 15 is 0 Å². The molecule has 8 heteroatoms. The Bertz CT molecular complexity index is 586. The number of nitrogens with two attached hydrogens (primary N) is 1. The van der Waals surface area contributed by atoms with Crippen molar-refractivity contribution in [3.63, 3.8) is 0 Å². The third kappa shape index (κ3) is 4.17. The maximum atomic E-state index is 12.2. The van der Waals surface area contributed by atoms with Crippen molar-refractivity contribution in [1.82, 2.24) is 4.72 Å². The maximum Gasteiger partial charge on any atom is 0.291 e. The van der Waals surface area contributed by atoms with Gasteiger partial charge in [-0.2, -0.15) is 0 Å². The normalized spacial score (nSPS) is 13.1. The topological polar surface area (TPSA) is 115 Å². The Morgan fingerprint density at radius 1 is 1.45 bits per heavy atom. The molecule has 0 aromatic heterocycles. The summed E-state index contributed by atoms with van der Waals surface area (Å²) in [4.78, 5) is 9.83. The third-order valence-corrected chi connectivity index (χ3v) is 4.45. The fourth-order valence-electron chi connectivity index (χ4n) is 1.80. The lowest BCUT2D eigenvalue weighted by molar-refractivity contribution is -0.387. The summed E-state index contributed by atoms with van der Waals surface area (Å²) in [6.07, 6.45) is 2.51. The lowest BCUT2D eigenvalue weighted by Gasteiger charge is -2.14. The van der Waals surface area contributed by atoms with Crippen LogP contribution in [-0.2, 0) is 10.0 Å². The summed E-state index contributed by atoms with van der Waals surface area (Å²) in [5, 5.41) is 10.9. The van der Waals surface area contributed by atoms with Crippen molar-refractivity contribution >= 4 is 21.4 Å². The number of nitrogen functional groups attached to an aromatic ring is 1. The van der Waals surface area contributed by atoms with Gasteiger partial charge in [0.15, 0.2) is 4.90 Å². The standard InChI is InChI=1S/C12H19N3O4S/c1-3-4-5-9(2)14-20(18,19)12-7-6-10(13)8-11(12)15(16)17/h6-9,14H,3-5,13H2,1-2H3. The molecule has 0 amide bonds. The molecule has 3 N–H and O–H groups in total. The summed E-state index contributed by atoms with van der Waals surface area (Å²) in [6, 6.07) is 3.25. The molecule has 0 radical (unpaired) electrons. The first-order valence-electron chi connectivity index (χ1n) is 6.34. The lowest BCUT2D eigenvalue weighted by atomic mass is 10.2. The van der Waals surface area contributed by atoms with Gasteiger partial charge in [0.05, 0.1) is 4.92 Å². The second-order valence-corrected chi connectivity index (χ2v) is 6.33. The van der Waals surface area contributed by atoms with Crippen LogP contribution in [-0.4, -0.2) is 19.4 Å². The smallest absolute Gasteiger partial charge is 0.291 e. The van der Waals surface area contributed by atoms with Gasteiger partial charge in [-0.05, 0) is 25.5 Å². The maximum absolute atomic E-state index is 12.2. The van der Waals surface area contributed by atoms with Gasteiger partial charge in [-0.25, -0.2) is 13.1 Å². The van der Waals surface area contributed by atoms with Crippen LogP contribution in [0.2, 0.25) is 0 Å². The summed E-state index contributed by atoms with van der Waals surface area (Å²) >= 11 is 0. The quantitative estimate of drug-likeness (QED) is 0.454. The zero-order valence-electron chi connectivity index (χ0n) is 11.5. The number of anilines is 1. The van der Waals surface area contributed by atoms with E-state index in [1.54, 1.807) is 6.92 Å². The highest BCUT2D eigenvalue weighted by Crippen LogP contribution is 2.26. The minimum atomic E-state index is -3.93. The Balaban J connectivity index is 3.06. The number of sulfonamides is 1. The number of nitrogens with zero attached hydrogens (tertiary/aromatic N) is 1. The zero-order valence-corrected chi connectivity index (χ0v) is 12.3. The summed E-state index contributed by atoms with van der Waals surface area (Å²) in [5.74, 6) is 0. The molecule has 1 aromatic carbocycles. The Hall–Kier alpha value is -1.67. The van der Waals surface area contributed by atoms with Gasteiger partial charge < -0.3 is 5.73 Å². The highest BCUT2D eigenvalue weighted by molar-refractivity contribution is 7.89. The molecule has 7 nitrogen and oxygen atoms in total. The molecule has 0 aliphatic heterocycles. The van der Waals surface area contributed by atoms with Gasteiger partial charge >= 0.3 is 0 Å². The molecule has 20 heavy (non-hydrogen) atoms. The Kier molecular flexibility index (Phi) is 5.46. The van der Waals surface area contributed by atoms with E-state index in [9.17, 15) is 18.5 Å². The van der Waals surface area contributed by atoms with Gasteiger partial charge in [-0.3, -0.25) is 10.1 Å². The van der Waals surface area contributed by atoms with Crippen LogP contribution in [0, 0.1) is 10.1 Å². The predicted octanol–water partition coefficient (Wildman–Crippen LogP) is 2.03. The van der Waals surface area contributed by atoms with Crippen molar-refractivity contribution in [3.05, 3.63) is 28.3 Å². The number of unbranched alkanes of at least 4 members (excludes halogenated alkanes) is 1. The highest BCUT2D eigenvalue weighted by Gasteiger charge is 2.27. The lowest BCUT2D eigenvalue weighted by Crippen LogP contribution is -2.32. The van der Waals surface area contributed by atoms with Gasteiger partial charge in [0, 0.05) is 17.8 Å². The third-order valence-electron chi connectivity index (χ3n) is 2.82. The van der Waals surface area contributed by atoms with E-state index in [1.165, 1.54) is 6.07 Å². The molecule has 1 rings (SSSR count). The SMILES string of the molecule is CCCCC(C)NS(=O)(=O)c1ccc(N)cc1[N+](=O)[O-]. The molecule has 0 fully saturated rings. The van der Waals surface area contributed by atoms with Gasteiger partial charge in [-0.1, -0.05) is 19.8 Å². The molecular weight excluding hydrogens is 282 g/mol. The molecule has 0 aliphatic carbocycles. The van der Waals surface area contributed by atoms with E-state index in [0.29, 0.717) is 6.42 Å². The minimum Gasteiger partial charge on any atom is -0.399 e. The summed E-state index contributed by atoms with van der Waals surface area (Å²) in [6.45, 7) is 3.74. The van der Waals surface area contributed by atoms with Crippen LogP contribution in [0.25, 0.3) is 0 Å². The number of hydrogen-bond donors (Lipinski definition) is 2. The van der Waals surface area contributed by atoms with Gasteiger partial charge in [0.25, 0.3) is 5.69 Å². The molecule has 1 atom stereocenters. The largest absolute Gasteiger partial charge is 0.399 e. The molecule has 0 aliphatic rings. The molecule has 112 valence electrons. The minimum absolute atomic E-state index is 0.148. The van der Waals surface area contributed by atoms with E-state index in [1.807, 2.05) is 6.92 Å². The molecule has 0 bridgehead atoms. The number of benzene rings is 1. The number of rotatable bonds is 7. The van der Waals surface area contributed by atoms with Crippen LogP contribution in [0.15, 0.2) is 23.1 Å². The second-order valence-electron chi connectivity index (χ2n) is 4.65. The molecule has 1 aromatic rings. The van der Waals surface area contributed by atoms with E-state index in [2.05, 4.69) is 4.72 Å². The zero-order chi connectivity index (χ0) is 15.3. The monoisotopic (exact) mass is 301 g/mol. The van der Waals surface area contributed by atoms with Crippen molar-refractivity contribution in [2.24, 2.45) is 0 Å². The van der Waals surface area contributed by atoms with Crippen molar-refractivity contribution in [2.75, 3.05) is 5.73 Å². The van der Waals surface area contributed by atoms with Gasteiger partial charge in [0.1, 0.15) is 0 Å². The molecule has 0 spiro atoms. The van der Waals surface area contributed by atoms with Crippen molar-refractivity contribution in [1.29, 1.82) is 0 Å². The molecule has 1 unspecified atom stereocenters. The van der Waals surface area contributed by atoms with Gasteiger partial charge in [0.2, 0.25) is 10.0 Å². The van der Waals surface area contributed by atoms with Gasteiger partial charge in [-0.15, -0.1) is 0 Å². The average molecular weight is 301 g/mol. The number of nitro groups is 1. The van der Waals surface area contributed by atoms with Crippen molar-refractivity contribution in [2.45, 2.75) is 44.0 Å². The van der Waals surface area contributed by atoms with Crippen LogP contribution in [0.4, 0.5) is 11.4 Å². The van der Waals surface area contributed by atoms with Crippen LogP contribution < -0.4 is 10.5 Å². The fourth-order valence-corrected chi connectivity index (χ4v) is 3.23. The van der Waals surface area contributed by atoms with E-state index < -0.39 is 20.6 Å². The van der Waals surface area contributed by atoms with Crippen molar-refractivity contribution in [3.8, 4) is 0 Å². The Morgan fingerprint density at radius 3 is 2.65 bits per heavy atom. The first kappa shape index (κ1) is 16.4. The van der Waals surface area contributed by atoms with E-state index in [-0.39, 0.29) is 16.6 Å². The van der Waals surface area contributed by atoms with E-state index in [0.717, 1.165) is 25.0 Å². The Labute approximate surface area is 118 Å². The number of hydrogen-bond acceptors (Lipinski definition) is 5. The van der Waals surface area contributed by atoms with Crippen LogP contribution in [0.3, 0.4) is 0 Å². The molecule has 0 heterocycles. The fraction of sp³-hybridized carbons (Fsp3) is 0.500. The first-order chi connectivity index (χ1) is 9.27. The van der Waals surface area contributed by atoms with Crippen LogP contribution >= 0.6 is 0 Å². The van der Waals surface area contributed by atoms with E-state index in [4.69, 9.17) is 5.73 Å². The van der Waals surface area contributed by atoms with Crippen molar-refractivity contribution < 1.29 is 13.3 Å². The number of nitrogens with one attached hydrogen (secondary N) is 1. The molecule has 0 saturated carbocycles. The molecule has 0 saturated heterocycles. The summed E-state index contributed by atoms with van der Waals surface area (Å²) in [7, 11) is -3.93. The second kappa shape index (κ2) is 6.67. The average Bonchev–Trinajstić information content (AvgIpc) is 2.35. The highest BCUT2D eigenvalue weighted by atomic mass is 32.2. The van der Waals surface area contributed by atoms with Crippen LogP contribution in [0.1, 0.15) is 33.1 Å². The molecular formula is C12H19N3O4S. The summed E-state index contributed by atoms with van der Waals surface area (Å²) < 4.78 is 26.8. The predicted molar refractivity (Wildman–Crippen MR) is 76.8 cm³/mol. The first-order valence-corrected chi connectivity index (χ1v) is 7.82. The summed E-state index contributed by atoms with van der Waals surface area (Å²) in [5.41, 5.74) is 5.09. The Morgan fingerprint density at radius 2 is 2.10 bits per heavy atom.